The zero-order valence-electron chi connectivity index (χ0n) is 13.8. The van der Waals surface area contributed by atoms with Crippen LogP contribution in [0.3, 0.4) is 0 Å². The van der Waals surface area contributed by atoms with Gasteiger partial charge in [-0.25, -0.2) is 4.79 Å². The van der Waals surface area contributed by atoms with Gasteiger partial charge in [-0.3, -0.25) is 0 Å². The maximum atomic E-state index is 11.9. The van der Waals surface area contributed by atoms with E-state index in [1.807, 2.05) is 27.7 Å². The highest BCUT2D eigenvalue weighted by Gasteiger charge is 2.43. The summed E-state index contributed by atoms with van der Waals surface area (Å²) in [4.78, 5) is 14.3. The first-order chi connectivity index (χ1) is 9.78. The number of aliphatic hydroxyl groups excluding tert-OH is 1. The number of nitrogens with one attached hydrogen (secondary N) is 1. The predicted molar refractivity (Wildman–Crippen MR) is 82.1 cm³/mol. The first-order valence-corrected chi connectivity index (χ1v) is 8.18. The number of ether oxygens (including phenoxy) is 1. The zero-order valence-corrected chi connectivity index (χ0v) is 13.8. The molecule has 0 spiro atoms. The molecule has 2 aliphatic rings. The first-order valence-electron chi connectivity index (χ1n) is 8.18. The van der Waals surface area contributed by atoms with E-state index in [2.05, 4.69) is 10.2 Å². The maximum absolute atomic E-state index is 11.9. The highest BCUT2D eigenvalue weighted by Crippen LogP contribution is 2.38. The SMILES string of the molecule is CC[C@@H](O)CN1C[C@@H]2CC[C@H](NC(=O)OC(C)(C)C)[C@@H]2C1. The lowest BCUT2D eigenvalue weighted by atomic mass is 9.98. The summed E-state index contributed by atoms with van der Waals surface area (Å²) in [5.74, 6) is 1.15. The molecule has 5 heteroatoms. The van der Waals surface area contributed by atoms with Gasteiger partial charge in [-0.2, -0.15) is 0 Å². The third-order valence-electron chi connectivity index (χ3n) is 4.57. The number of β-amino-alcohol motifs (C(OH)–C–C–N with tert-alkyl or cyclic N) is 1. The van der Waals surface area contributed by atoms with Gasteiger partial charge in [0, 0.05) is 25.7 Å². The largest absolute Gasteiger partial charge is 0.444 e. The van der Waals surface area contributed by atoms with Gasteiger partial charge in [0.1, 0.15) is 5.60 Å². The molecule has 1 heterocycles. The topological polar surface area (TPSA) is 61.8 Å². The number of hydrogen-bond acceptors (Lipinski definition) is 4. The van der Waals surface area contributed by atoms with Crippen LogP contribution in [0.4, 0.5) is 4.79 Å². The van der Waals surface area contributed by atoms with Crippen LogP contribution in [-0.4, -0.2) is 53.5 Å². The van der Waals surface area contributed by atoms with Crippen LogP contribution in [0.15, 0.2) is 0 Å². The lowest BCUT2D eigenvalue weighted by molar-refractivity contribution is 0.0489. The van der Waals surface area contributed by atoms with Gasteiger partial charge in [-0.05, 0) is 51.9 Å². The number of carbonyl (C=O) groups is 1. The standard InChI is InChI=1S/C16H30N2O3/c1-5-12(19)9-18-8-11-6-7-14(13(11)10-18)17-15(20)21-16(2,3)4/h11-14,19H,5-10H2,1-4H3,(H,17,20)/t11-,12+,13+,14-/m0/s1. The Balaban J connectivity index is 1.83. The Morgan fingerprint density at radius 1 is 1.38 bits per heavy atom. The van der Waals surface area contributed by atoms with Crippen molar-refractivity contribution < 1.29 is 14.6 Å². The van der Waals surface area contributed by atoms with Crippen LogP contribution >= 0.6 is 0 Å². The molecule has 1 saturated carbocycles. The molecule has 21 heavy (non-hydrogen) atoms. The van der Waals surface area contributed by atoms with Crippen molar-refractivity contribution in [3.8, 4) is 0 Å². The minimum atomic E-state index is -0.449. The Morgan fingerprint density at radius 2 is 2.10 bits per heavy atom. The van der Waals surface area contributed by atoms with Crippen LogP contribution in [0, 0.1) is 11.8 Å². The molecule has 0 aromatic heterocycles. The van der Waals surface area contributed by atoms with Crippen LogP contribution in [0.2, 0.25) is 0 Å². The molecule has 1 saturated heterocycles. The Morgan fingerprint density at radius 3 is 2.71 bits per heavy atom. The number of carbonyl (C=O) groups excluding carboxylic acids is 1. The number of aliphatic hydroxyl groups is 1. The van der Waals surface area contributed by atoms with Crippen LogP contribution in [0.1, 0.15) is 47.0 Å². The minimum absolute atomic E-state index is 0.216. The van der Waals surface area contributed by atoms with Crippen LogP contribution in [0.25, 0.3) is 0 Å². The van der Waals surface area contributed by atoms with Crippen LogP contribution in [-0.2, 0) is 4.74 Å². The summed E-state index contributed by atoms with van der Waals surface area (Å²) < 4.78 is 5.35. The van der Waals surface area contributed by atoms with Crippen molar-refractivity contribution in [3.63, 3.8) is 0 Å². The van der Waals surface area contributed by atoms with Gasteiger partial charge in [0.2, 0.25) is 0 Å². The second-order valence-electron chi connectivity index (χ2n) is 7.53. The molecule has 0 unspecified atom stereocenters. The molecule has 2 fully saturated rings. The van der Waals surface area contributed by atoms with E-state index >= 15 is 0 Å². The van der Waals surface area contributed by atoms with E-state index in [1.165, 1.54) is 0 Å². The van der Waals surface area contributed by atoms with E-state index in [0.717, 1.165) is 38.9 Å². The summed E-state index contributed by atoms with van der Waals surface area (Å²) in [5.41, 5.74) is -0.449. The quantitative estimate of drug-likeness (QED) is 0.833. The zero-order chi connectivity index (χ0) is 15.6. The monoisotopic (exact) mass is 298 g/mol. The Bertz CT molecular complexity index is 367. The van der Waals surface area contributed by atoms with E-state index in [0.29, 0.717) is 11.8 Å². The Labute approximate surface area is 128 Å². The fraction of sp³-hybridized carbons (Fsp3) is 0.938. The molecule has 2 N–H and O–H groups in total. The molecule has 1 amide bonds. The third kappa shape index (κ3) is 4.58. The van der Waals surface area contributed by atoms with Crippen molar-refractivity contribution in [2.24, 2.45) is 11.8 Å². The van der Waals surface area contributed by atoms with E-state index < -0.39 is 5.60 Å². The second-order valence-corrected chi connectivity index (χ2v) is 7.53. The van der Waals surface area contributed by atoms with Gasteiger partial charge < -0.3 is 20.1 Å². The smallest absolute Gasteiger partial charge is 0.407 e. The number of alkyl carbamates (subject to hydrolysis) is 1. The number of likely N-dealkylation sites (tertiary alicyclic amines) is 1. The normalized spacial score (nSPS) is 31.0. The molecule has 0 aromatic rings. The number of rotatable bonds is 4. The van der Waals surface area contributed by atoms with Gasteiger partial charge in [0.25, 0.3) is 0 Å². The highest BCUT2D eigenvalue weighted by molar-refractivity contribution is 5.68. The molecule has 0 bridgehead atoms. The molecule has 0 aromatic carbocycles. The van der Waals surface area contributed by atoms with Gasteiger partial charge in [-0.1, -0.05) is 6.92 Å². The lowest BCUT2D eigenvalue weighted by Gasteiger charge is -2.25. The van der Waals surface area contributed by atoms with Crippen molar-refractivity contribution >= 4 is 6.09 Å². The summed E-state index contributed by atoms with van der Waals surface area (Å²) in [6, 6.07) is 0.216. The van der Waals surface area contributed by atoms with Crippen molar-refractivity contribution in [1.29, 1.82) is 0 Å². The van der Waals surface area contributed by atoms with Gasteiger partial charge in [0.05, 0.1) is 6.10 Å². The first kappa shape index (κ1) is 16.6. The van der Waals surface area contributed by atoms with Crippen molar-refractivity contribution in [2.45, 2.75) is 64.7 Å². The molecular formula is C16H30N2O3. The average molecular weight is 298 g/mol. The predicted octanol–water partition coefficient (Wildman–Crippen LogP) is 1.99. The maximum Gasteiger partial charge on any atom is 0.407 e. The number of hydrogen-bond donors (Lipinski definition) is 2. The summed E-state index contributed by atoms with van der Waals surface area (Å²) in [6.07, 6.45) is 2.45. The number of nitrogens with zero attached hydrogens (tertiary/aromatic N) is 1. The molecule has 1 aliphatic heterocycles. The van der Waals surface area contributed by atoms with Gasteiger partial charge in [0.15, 0.2) is 0 Å². The second kappa shape index (κ2) is 6.53. The van der Waals surface area contributed by atoms with E-state index in [9.17, 15) is 9.90 Å². The van der Waals surface area contributed by atoms with Crippen LogP contribution < -0.4 is 5.32 Å². The Kier molecular flexibility index (Phi) is 5.15. The summed E-state index contributed by atoms with van der Waals surface area (Å²) >= 11 is 0. The molecule has 4 atom stereocenters. The van der Waals surface area contributed by atoms with E-state index in [1.54, 1.807) is 0 Å². The molecule has 2 rings (SSSR count). The highest BCUT2D eigenvalue weighted by atomic mass is 16.6. The van der Waals surface area contributed by atoms with E-state index in [4.69, 9.17) is 4.74 Å². The van der Waals surface area contributed by atoms with Gasteiger partial charge >= 0.3 is 6.09 Å². The van der Waals surface area contributed by atoms with Crippen molar-refractivity contribution in [3.05, 3.63) is 0 Å². The van der Waals surface area contributed by atoms with Gasteiger partial charge in [-0.15, -0.1) is 0 Å². The fourth-order valence-electron chi connectivity index (χ4n) is 3.57. The minimum Gasteiger partial charge on any atom is -0.444 e. The molecule has 0 radical (unpaired) electrons. The molecular weight excluding hydrogens is 268 g/mol. The molecule has 5 nitrogen and oxygen atoms in total. The average Bonchev–Trinajstić information content (AvgIpc) is 2.88. The van der Waals surface area contributed by atoms with Crippen LogP contribution in [0.5, 0.6) is 0 Å². The third-order valence-corrected chi connectivity index (χ3v) is 4.57. The summed E-state index contributed by atoms with van der Waals surface area (Å²) in [6.45, 7) is 10.4. The number of amides is 1. The molecule has 122 valence electrons. The fourth-order valence-corrected chi connectivity index (χ4v) is 3.57. The van der Waals surface area contributed by atoms with E-state index in [-0.39, 0.29) is 18.2 Å². The summed E-state index contributed by atoms with van der Waals surface area (Å²) in [5, 5.41) is 12.8. The summed E-state index contributed by atoms with van der Waals surface area (Å²) in [7, 11) is 0. The molecule has 1 aliphatic carbocycles. The Hall–Kier alpha value is -0.810. The number of fused-ring (bicyclic) bond motifs is 1. The van der Waals surface area contributed by atoms with Crippen molar-refractivity contribution in [1.82, 2.24) is 10.2 Å². The van der Waals surface area contributed by atoms with Crippen molar-refractivity contribution in [2.75, 3.05) is 19.6 Å². The lowest BCUT2D eigenvalue weighted by Crippen LogP contribution is -2.42.